The highest BCUT2D eigenvalue weighted by Crippen LogP contribution is 2.32. The van der Waals surface area contributed by atoms with Crippen molar-refractivity contribution in [2.75, 3.05) is 7.11 Å². The van der Waals surface area contributed by atoms with Gasteiger partial charge in [0.1, 0.15) is 6.04 Å². The molecule has 1 aromatic rings. The minimum atomic E-state index is -0.945. The Morgan fingerprint density at radius 3 is 1.90 bits per heavy atom. The van der Waals surface area contributed by atoms with Crippen LogP contribution < -0.4 is 0 Å². The zero-order valence-corrected chi connectivity index (χ0v) is 12.0. The molecule has 0 fully saturated rings. The predicted octanol–water partition coefficient (Wildman–Crippen LogP) is 1.87. The van der Waals surface area contributed by atoms with Crippen molar-refractivity contribution in [1.29, 1.82) is 0 Å². The van der Waals surface area contributed by atoms with Crippen LogP contribution in [0.3, 0.4) is 0 Å². The average molecular weight is 275 g/mol. The molecule has 1 aliphatic rings. The fraction of sp³-hybridized carbons (Fsp3) is 0.400. The molecule has 0 N–H and O–H groups in total. The van der Waals surface area contributed by atoms with Crippen molar-refractivity contribution in [1.82, 2.24) is 4.90 Å². The van der Waals surface area contributed by atoms with Gasteiger partial charge < -0.3 is 4.74 Å². The number of imide groups is 1. The molecule has 0 unspecified atom stereocenters. The van der Waals surface area contributed by atoms with E-state index in [2.05, 4.69) is 0 Å². The van der Waals surface area contributed by atoms with Gasteiger partial charge in [0, 0.05) is 0 Å². The zero-order valence-electron chi connectivity index (χ0n) is 12.0. The van der Waals surface area contributed by atoms with Gasteiger partial charge in [0.05, 0.1) is 18.2 Å². The number of fused-ring (bicyclic) bond motifs is 1. The number of hydrogen-bond acceptors (Lipinski definition) is 4. The Bertz CT molecular complexity index is 551. The number of rotatable bonds is 2. The van der Waals surface area contributed by atoms with Crippen LogP contribution in [0.25, 0.3) is 0 Å². The minimum Gasteiger partial charge on any atom is -0.467 e. The van der Waals surface area contributed by atoms with E-state index in [-0.39, 0.29) is 0 Å². The normalized spacial score (nSPS) is 16.1. The summed E-state index contributed by atoms with van der Waals surface area (Å²) in [5, 5.41) is 0. The molecule has 2 amide bonds. The van der Waals surface area contributed by atoms with Crippen LogP contribution in [0, 0.1) is 5.41 Å². The van der Waals surface area contributed by atoms with E-state index in [0.29, 0.717) is 11.1 Å². The molecule has 0 aliphatic carbocycles. The van der Waals surface area contributed by atoms with Crippen LogP contribution in [-0.4, -0.2) is 35.8 Å². The van der Waals surface area contributed by atoms with Crippen LogP contribution in [0.2, 0.25) is 0 Å². The van der Waals surface area contributed by atoms with Crippen molar-refractivity contribution in [2.24, 2.45) is 5.41 Å². The Morgan fingerprint density at radius 2 is 1.55 bits per heavy atom. The van der Waals surface area contributed by atoms with Crippen molar-refractivity contribution in [3.63, 3.8) is 0 Å². The summed E-state index contributed by atoms with van der Waals surface area (Å²) in [4.78, 5) is 37.9. The van der Waals surface area contributed by atoms with Crippen LogP contribution in [-0.2, 0) is 9.53 Å². The van der Waals surface area contributed by atoms with Crippen LogP contribution in [0.1, 0.15) is 41.5 Å². The predicted molar refractivity (Wildman–Crippen MR) is 72.2 cm³/mol. The summed E-state index contributed by atoms with van der Waals surface area (Å²) in [6.45, 7) is 5.37. The molecule has 0 spiro atoms. The maximum Gasteiger partial charge on any atom is 0.329 e. The third-order valence-corrected chi connectivity index (χ3v) is 3.33. The first-order valence-corrected chi connectivity index (χ1v) is 6.33. The Hall–Kier alpha value is -2.17. The fourth-order valence-corrected chi connectivity index (χ4v) is 2.40. The monoisotopic (exact) mass is 275 g/mol. The SMILES string of the molecule is COC(=O)[C@H](N1C(=O)c2ccccc2C1=O)C(C)(C)C. The Balaban J connectivity index is 2.50. The lowest BCUT2D eigenvalue weighted by atomic mass is 9.85. The standard InChI is InChI=1S/C15H17NO4/c1-15(2,3)11(14(19)20-4)16-12(17)9-7-5-6-8-10(9)13(16)18/h5-8,11H,1-4H3/t11-/m0/s1. The van der Waals surface area contributed by atoms with E-state index < -0.39 is 29.2 Å². The Kier molecular flexibility index (Phi) is 3.38. The van der Waals surface area contributed by atoms with E-state index in [9.17, 15) is 14.4 Å². The molecule has 0 bridgehead atoms. The molecule has 0 saturated heterocycles. The number of nitrogens with zero attached hydrogens (tertiary/aromatic N) is 1. The first-order valence-electron chi connectivity index (χ1n) is 6.33. The molecule has 2 rings (SSSR count). The summed E-state index contributed by atoms with van der Waals surface area (Å²) < 4.78 is 4.76. The molecule has 1 aromatic carbocycles. The van der Waals surface area contributed by atoms with E-state index in [4.69, 9.17) is 4.74 Å². The smallest absolute Gasteiger partial charge is 0.329 e. The molecule has 1 aliphatic heterocycles. The van der Waals surface area contributed by atoms with Gasteiger partial charge in [-0.15, -0.1) is 0 Å². The molecule has 0 aromatic heterocycles. The molecule has 106 valence electrons. The van der Waals surface area contributed by atoms with Gasteiger partial charge in [0.2, 0.25) is 0 Å². The summed E-state index contributed by atoms with van der Waals surface area (Å²) >= 11 is 0. The number of carbonyl (C=O) groups excluding carboxylic acids is 3. The molecular formula is C15H17NO4. The average Bonchev–Trinajstić information content (AvgIpc) is 2.63. The van der Waals surface area contributed by atoms with E-state index in [1.165, 1.54) is 7.11 Å². The van der Waals surface area contributed by atoms with Crippen LogP contribution in [0.4, 0.5) is 0 Å². The van der Waals surface area contributed by atoms with Crippen molar-refractivity contribution < 1.29 is 19.1 Å². The number of amides is 2. The molecular weight excluding hydrogens is 258 g/mol. The highest BCUT2D eigenvalue weighted by Gasteiger charge is 2.48. The summed E-state index contributed by atoms with van der Waals surface area (Å²) in [6, 6.07) is 5.62. The number of hydrogen-bond donors (Lipinski definition) is 0. The third kappa shape index (κ3) is 2.09. The van der Waals surface area contributed by atoms with Gasteiger partial charge in [-0.05, 0) is 17.5 Å². The summed E-state index contributed by atoms with van der Waals surface area (Å²) in [7, 11) is 1.25. The van der Waals surface area contributed by atoms with Gasteiger partial charge >= 0.3 is 5.97 Å². The van der Waals surface area contributed by atoms with Crippen LogP contribution >= 0.6 is 0 Å². The number of methoxy groups -OCH3 is 1. The molecule has 5 nitrogen and oxygen atoms in total. The third-order valence-electron chi connectivity index (χ3n) is 3.33. The second kappa shape index (κ2) is 4.74. The largest absolute Gasteiger partial charge is 0.467 e. The molecule has 5 heteroatoms. The van der Waals surface area contributed by atoms with Gasteiger partial charge in [0.15, 0.2) is 0 Å². The van der Waals surface area contributed by atoms with E-state index >= 15 is 0 Å². The Labute approximate surface area is 117 Å². The van der Waals surface area contributed by atoms with E-state index in [1.807, 2.05) is 0 Å². The van der Waals surface area contributed by atoms with Crippen LogP contribution in [0.15, 0.2) is 24.3 Å². The number of ether oxygens (including phenoxy) is 1. The second-order valence-corrected chi connectivity index (χ2v) is 5.82. The number of carbonyl (C=O) groups is 3. The highest BCUT2D eigenvalue weighted by atomic mass is 16.5. The van der Waals surface area contributed by atoms with Gasteiger partial charge in [-0.3, -0.25) is 14.5 Å². The highest BCUT2D eigenvalue weighted by molar-refractivity contribution is 6.22. The van der Waals surface area contributed by atoms with Gasteiger partial charge in [-0.25, -0.2) is 4.79 Å². The quantitative estimate of drug-likeness (QED) is 0.610. The molecule has 0 saturated carbocycles. The summed E-state index contributed by atoms with van der Waals surface area (Å²) in [5.74, 6) is -1.49. The zero-order chi connectivity index (χ0) is 15.1. The van der Waals surface area contributed by atoms with Gasteiger partial charge in [-0.2, -0.15) is 0 Å². The topological polar surface area (TPSA) is 63.7 Å². The van der Waals surface area contributed by atoms with Crippen molar-refractivity contribution >= 4 is 17.8 Å². The molecule has 0 radical (unpaired) electrons. The minimum absolute atomic E-state index is 0.329. The summed E-state index contributed by atoms with van der Waals surface area (Å²) in [5.41, 5.74) is 0.0480. The van der Waals surface area contributed by atoms with Gasteiger partial charge in [-0.1, -0.05) is 32.9 Å². The molecule has 1 atom stereocenters. The van der Waals surface area contributed by atoms with Crippen molar-refractivity contribution in [3.05, 3.63) is 35.4 Å². The summed E-state index contributed by atoms with van der Waals surface area (Å²) in [6.07, 6.45) is 0. The van der Waals surface area contributed by atoms with Crippen molar-refractivity contribution in [3.8, 4) is 0 Å². The lowest BCUT2D eigenvalue weighted by molar-refractivity contribution is -0.148. The fourth-order valence-electron chi connectivity index (χ4n) is 2.40. The first kappa shape index (κ1) is 14.2. The van der Waals surface area contributed by atoms with E-state index in [1.54, 1.807) is 45.0 Å². The first-order chi connectivity index (χ1) is 9.29. The maximum atomic E-state index is 12.4. The Morgan fingerprint density at radius 1 is 1.10 bits per heavy atom. The van der Waals surface area contributed by atoms with Gasteiger partial charge in [0.25, 0.3) is 11.8 Å². The molecule has 20 heavy (non-hydrogen) atoms. The molecule has 1 heterocycles. The maximum absolute atomic E-state index is 12.4. The van der Waals surface area contributed by atoms with Crippen LogP contribution in [0.5, 0.6) is 0 Å². The van der Waals surface area contributed by atoms with Crippen molar-refractivity contribution in [2.45, 2.75) is 26.8 Å². The lowest BCUT2D eigenvalue weighted by Crippen LogP contribution is -2.52. The number of benzene rings is 1. The van der Waals surface area contributed by atoms with E-state index in [0.717, 1.165) is 4.90 Å². The second-order valence-electron chi connectivity index (χ2n) is 5.82. The lowest BCUT2D eigenvalue weighted by Gasteiger charge is -2.34. The number of esters is 1.